The fourth-order valence-corrected chi connectivity index (χ4v) is 1.66. The average molecular weight is 235 g/mol. The fourth-order valence-electron chi connectivity index (χ4n) is 1.66. The van der Waals surface area contributed by atoms with Crippen LogP contribution in [0.4, 0.5) is 10.5 Å². The van der Waals surface area contributed by atoms with E-state index in [-0.39, 0.29) is 6.09 Å². The molecule has 0 aliphatic carbocycles. The molecule has 0 aromatic heterocycles. The molecular weight excluding hydrogens is 214 g/mol. The molecule has 1 rings (SSSR count). The Hall–Kier alpha value is -1.51. The van der Waals surface area contributed by atoms with Crippen molar-refractivity contribution >= 4 is 11.8 Å². The van der Waals surface area contributed by atoms with Crippen molar-refractivity contribution in [2.24, 2.45) is 0 Å². The Labute approximate surface area is 103 Å². The first-order chi connectivity index (χ1) is 8.29. The number of unbranched alkanes of at least 4 members (excludes halogenated alkanes) is 2. The van der Waals surface area contributed by atoms with E-state index < -0.39 is 0 Å². The van der Waals surface area contributed by atoms with Gasteiger partial charge in [-0.3, -0.25) is 4.90 Å². The molecule has 0 unspecified atom stereocenters. The first-order valence-corrected chi connectivity index (χ1v) is 6.29. The number of benzene rings is 1. The van der Waals surface area contributed by atoms with Crippen molar-refractivity contribution in [1.82, 2.24) is 0 Å². The smallest absolute Gasteiger partial charge is 0.414 e. The molecule has 1 amide bonds. The third-order valence-corrected chi connectivity index (χ3v) is 2.54. The van der Waals surface area contributed by atoms with Crippen LogP contribution in [0, 0.1) is 0 Å². The Morgan fingerprint density at radius 3 is 2.47 bits per heavy atom. The fraction of sp³-hybridized carbons (Fsp3) is 0.500. The minimum atomic E-state index is -0.255. The highest BCUT2D eigenvalue weighted by atomic mass is 16.6. The van der Waals surface area contributed by atoms with Crippen molar-refractivity contribution < 1.29 is 9.53 Å². The number of hydrogen-bond donors (Lipinski definition) is 0. The molecule has 1 aromatic rings. The summed E-state index contributed by atoms with van der Waals surface area (Å²) in [5.41, 5.74) is 0.905. The number of para-hydroxylation sites is 1. The monoisotopic (exact) mass is 235 g/mol. The van der Waals surface area contributed by atoms with Gasteiger partial charge in [0.05, 0.1) is 6.61 Å². The second-order valence-electron chi connectivity index (χ2n) is 3.89. The van der Waals surface area contributed by atoms with Gasteiger partial charge in [0.1, 0.15) is 0 Å². The van der Waals surface area contributed by atoms with Crippen LogP contribution in [0.5, 0.6) is 0 Å². The van der Waals surface area contributed by atoms with Crippen LogP contribution >= 0.6 is 0 Å². The van der Waals surface area contributed by atoms with Gasteiger partial charge in [-0.1, -0.05) is 38.0 Å². The van der Waals surface area contributed by atoms with Gasteiger partial charge in [0.25, 0.3) is 0 Å². The van der Waals surface area contributed by atoms with Gasteiger partial charge in [-0.2, -0.15) is 0 Å². The maximum Gasteiger partial charge on any atom is 0.414 e. The SMILES string of the molecule is CCCCCN(C(=O)OCC)c1ccccc1. The quantitative estimate of drug-likeness (QED) is 0.701. The van der Waals surface area contributed by atoms with E-state index in [1.807, 2.05) is 37.3 Å². The largest absolute Gasteiger partial charge is 0.449 e. The third kappa shape index (κ3) is 4.47. The Morgan fingerprint density at radius 1 is 1.18 bits per heavy atom. The Kier molecular flexibility index (Phi) is 6.15. The summed E-state index contributed by atoms with van der Waals surface area (Å²) in [5, 5.41) is 0. The van der Waals surface area contributed by atoms with Gasteiger partial charge in [-0.25, -0.2) is 4.79 Å². The summed E-state index contributed by atoms with van der Waals surface area (Å²) >= 11 is 0. The average Bonchev–Trinajstić information content (AvgIpc) is 2.36. The zero-order valence-corrected chi connectivity index (χ0v) is 10.7. The van der Waals surface area contributed by atoms with E-state index in [1.165, 1.54) is 0 Å². The zero-order valence-electron chi connectivity index (χ0n) is 10.7. The third-order valence-electron chi connectivity index (χ3n) is 2.54. The lowest BCUT2D eigenvalue weighted by molar-refractivity contribution is 0.159. The van der Waals surface area contributed by atoms with Crippen LogP contribution in [0.3, 0.4) is 0 Å². The van der Waals surface area contributed by atoms with Crippen LogP contribution < -0.4 is 4.90 Å². The minimum absolute atomic E-state index is 0.255. The highest BCUT2D eigenvalue weighted by molar-refractivity contribution is 5.87. The van der Waals surface area contributed by atoms with Crippen LogP contribution in [-0.2, 0) is 4.74 Å². The Bertz CT molecular complexity index is 324. The van der Waals surface area contributed by atoms with Crippen molar-refractivity contribution in [2.45, 2.75) is 33.1 Å². The lowest BCUT2D eigenvalue weighted by Crippen LogP contribution is -2.32. The highest BCUT2D eigenvalue weighted by Crippen LogP contribution is 2.15. The minimum Gasteiger partial charge on any atom is -0.449 e. The predicted molar refractivity (Wildman–Crippen MR) is 70.3 cm³/mol. The molecule has 0 N–H and O–H groups in total. The molecule has 0 bridgehead atoms. The zero-order chi connectivity index (χ0) is 12.5. The summed E-state index contributed by atoms with van der Waals surface area (Å²) < 4.78 is 5.08. The van der Waals surface area contributed by atoms with Crippen molar-refractivity contribution in [3.05, 3.63) is 30.3 Å². The maximum absolute atomic E-state index is 11.8. The molecule has 0 saturated carbocycles. The van der Waals surface area contributed by atoms with E-state index in [0.29, 0.717) is 6.61 Å². The van der Waals surface area contributed by atoms with E-state index in [0.717, 1.165) is 31.5 Å². The lowest BCUT2D eigenvalue weighted by atomic mass is 10.2. The number of hydrogen-bond acceptors (Lipinski definition) is 2. The Balaban J connectivity index is 2.68. The van der Waals surface area contributed by atoms with Crippen LogP contribution in [-0.4, -0.2) is 19.2 Å². The van der Waals surface area contributed by atoms with Gasteiger partial charge >= 0.3 is 6.09 Å². The van der Waals surface area contributed by atoms with Gasteiger partial charge in [0.15, 0.2) is 0 Å². The molecule has 0 atom stereocenters. The molecule has 3 nitrogen and oxygen atoms in total. The lowest BCUT2D eigenvalue weighted by Gasteiger charge is -2.21. The topological polar surface area (TPSA) is 29.5 Å². The number of anilines is 1. The number of rotatable bonds is 6. The molecule has 0 radical (unpaired) electrons. The van der Waals surface area contributed by atoms with Crippen molar-refractivity contribution in [3.63, 3.8) is 0 Å². The van der Waals surface area contributed by atoms with Crippen LogP contribution in [0.15, 0.2) is 30.3 Å². The number of nitrogens with zero attached hydrogens (tertiary/aromatic N) is 1. The number of ether oxygens (including phenoxy) is 1. The molecule has 0 spiro atoms. The number of amides is 1. The van der Waals surface area contributed by atoms with E-state index in [9.17, 15) is 4.79 Å². The predicted octanol–water partition coefficient (Wildman–Crippen LogP) is 3.84. The van der Waals surface area contributed by atoms with Crippen molar-refractivity contribution in [2.75, 3.05) is 18.1 Å². The summed E-state index contributed by atoms with van der Waals surface area (Å²) in [6, 6.07) is 9.67. The number of carbonyl (C=O) groups is 1. The van der Waals surface area contributed by atoms with E-state index >= 15 is 0 Å². The summed E-state index contributed by atoms with van der Waals surface area (Å²) in [6.07, 6.45) is 3.02. The molecule has 1 aromatic carbocycles. The second kappa shape index (κ2) is 7.71. The van der Waals surface area contributed by atoms with Crippen LogP contribution in [0.1, 0.15) is 33.1 Å². The molecule has 0 saturated heterocycles. The summed E-state index contributed by atoms with van der Waals surface area (Å²) in [6.45, 7) is 5.11. The highest BCUT2D eigenvalue weighted by Gasteiger charge is 2.15. The summed E-state index contributed by atoms with van der Waals surface area (Å²) in [7, 11) is 0. The molecular formula is C14H21NO2. The van der Waals surface area contributed by atoms with Gasteiger partial charge < -0.3 is 4.74 Å². The van der Waals surface area contributed by atoms with Gasteiger partial charge in [0.2, 0.25) is 0 Å². The first kappa shape index (κ1) is 13.6. The molecule has 0 aliphatic rings. The maximum atomic E-state index is 11.8. The van der Waals surface area contributed by atoms with E-state index in [4.69, 9.17) is 4.74 Å². The number of carbonyl (C=O) groups excluding carboxylic acids is 1. The van der Waals surface area contributed by atoms with E-state index in [1.54, 1.807) is 4.90 Å². The molecule has 0 aliphatic heterocycles. The summed E-state index contributed by atoms with van der Waals surface area (Å²) in [5.74, 6) is 0. The molecule has 0 heterocycles. The van der Waals surface area contributed by atoms with Crippen molar-refractivity contribution in [1.29, 1.82) is 0 Å². The van der Waals surface area contributed by atoms with Crippen LogP contribution in [0.2, 0.25) is 0 Å². The molecule has 3 heteroatoms. The van der Waals surface area contributed by atoms with Crippen molar-refractivity contribution in [3.8, 4) is 0 Å². The normalized spacial score (nSPS) is 10.0. The molecule has 0 fully saturated rings. The van der Waals surface area contributed by atoms with E-state index in [2.05, 4.69) is 6.92 Å². The molecule has 17 heavy (non-hydrogen) atoms. The van der Waals surface area contributed by atoms with Gasteiger partial charge in [-0.05, 0) is 25.5 Å². The van der Waals surface area contributed by atoms with Gasteiger partial charge in [-0.15, -0.1) is 0 Å². The second-order valence-corrected chi connectivity index (χ2v) is 3.89. The standard InChI is InChI=1S/C14H21NO2/c1-3-5-9-12-15(14(16)17-4-2)13-10-7-6-8-11-13/h6-8,10-11H,3-5,9,12H2,1-2H3. The van der Waals surface area contributed by atoms with Crippen LogP contribution in [0.25, 0.3) is 0 Å². The molecule has 94 valence electrons. The Morgan fingerprint density at radius 2 is 1.88 bits per heavy atom. The van der Waals surface area contributed by atoms with Gasteiger partial charge in [0, 0.05) is 12.2 Å². The first-order valence-electron chi connectivity index (χ1n) is 6.29. The summed E-state index contributed by atoms with van der Waals surface area (Å²) in [4.78, 5) is 13.5.